The van der Waals surface area contributed by atoms with Crippen LogP contribution in [0.4, 0.5) is 11.4 Å². The highest BCUT2D eigenvalue weighted by atomic mass is 32.2. The van der Waals surface area contributed by atoms with E-state index in [-0.39, 0.29) is 16.3 Å². The number of rotatable bonds is 7. The first-order valence-corrected chi connectivity index (χ1v) is 10.4. The Morgan fingerprint density at radius 3 is 2.58 bits per heavy atom. The van der Waals surface area contributed by atoms with Gasteiger partial charge in [-0.25, -0.2) is 18.1 Å². The summed E-state index contributed by atoms with van der Waals surface area (Å²) in [5, 5.41) is 15.4. The molecule has 0 unspecified atom stereocenters. The molecule has 1 heterocycles. The largest absolute Gasteiger partial charge is 0.375 e. The molecule has 0 aliphatic heterocycles. The van der Waals surface area contributed by atoms with Gasteiger partial charge < -0.3 is 5.32 Å². The van der Waals surface area contributed by atoms with Gasteiger partial charge in [-0.15, -0.1) is 11.3 Å². The molecule has 1 aliphatic rings. The Balaban J connectivity index is 1.85. The lowest BCUT2D eigenvalue weighted by Gasteiger charge is -2.13. The van der Waals surface area contributed by atoms with Gasteiger partial charge >= 0.3 is 0 Å². The van der Waals surface area contributed by atoms with Gasteiger partial charge in [0, 0.05) is 16.5 Å². The highest BCUT2D eigenvalue weighted by Gasteiger charge is 2.41. The minimum absolute atomic E-state index is 0.104. The number of hydrogen-bond donors (Lipinski definition) is 2. The highest BCUT2D eigenvalue weighted by Crippen LogP contribution is 2.37. The van der Waals surface area contributed by atoms with Crippen molar-refractivity contribution >= 4 is 32.7 Å². The number of thiazole rings is 1. The quantitative estimate of drug-likeness (QED) is 0.549. The van der Waals surface area contributed by atoms with E-state index in [2.05, 4.69) is 15.0 Å². The van der Waals surface area contributed by atoms with Crippen LogP contribution >= 0.6 is 11.3 Å². The average molecular weight is 396 g/mol. The zero-order chi connectivity index (χ0) is 19.1. The lowest BCUT2D eigenvalue weighted by Crippen LogP contribution is -2.34. The van der Waals surface area contributed by atoms with Gasteiger partial charge in [0.05, 0.1) is 27.1 Å². The van der Waals surface area contributed by atoms with E-state index in [1.54, 1.807) is 0 Å². The average Bonchev–Trinajstić information content (AvgIpc) is 3.16. The second-order valence-electron chi connectivity index (χ2n) is 6.70. The van der Waals surface area contributed by atoms with Gasteiger partial charge in [-0.2, -0.15) is 0 Å². The van der Waals surface area contributed by atoms with Crippen LogP contribution in [-0.2, 0) is 16.6 Å². The van der Waals surface area contributed by atoms with Crippen LogP contribution in [0.5, 0.6) is 0 Å². The van der Waals surface area contributed by atoms with Gasteiger partial charge in [0.1, 0.15) is 5.69 Å². The highest BCUT2D eigenvalue weighted by molar-refractivity contribution is 7.89. The molecule has 140 valence electrons. The van der Waals surface area contributed by atoms with Crippen molar-refractivity contribution in [1.29, 1.82) is 0 Å². The van der Waals surface area contributed by atoms with Crippen molar-refractivity contribution in [2.24, 2.45) is 0 Å². The standard InChI is InChI=1S/C16H20N4O4S2/c1-10-15(25-11(2)18-10)9-17-13-5-4-12(8-14(13)20(21)22)26(23,24)19-16(3)6-7-16/h4-5,8,17,19H,6-7,9H2,1-3H3. The Bertz CT molecular complexity index is 965. The molecule has 2 N–H and O–H groups in total. The topological polar surface area (TPSA) is 114 Å². The normalized spacial score (nSPS) is 15.7. The van der Waals surface area contributed by atoms with E-state index in [1.807, 2.05) is 20.8 Å². The summed E-state index contributed by atoms with van der Waals surface area (Å²) in [7, 11) is -3.79. The van der Waals surface area contributed by atoms with Crippen LogP contribution in [0.2, 0.25) is 0 Å². The first-order chi connectivity index (χ1) is 12.1. The second kappa shape index (κ2) is 6.60. The molecule has 0 radical (unpaired) electrons. The smallest absolute Gasteiger partial charge is 0.293 e. The van der Waals surface area contributed by atoms with Gasteiger partial charge in [-0.05, 0) is 45.7 Å². The summed E-state index contributed by atoms with van der Waals surface area (Å²) >= 11 is 1.52. The fourth-order valence-electron chi connectivity index (χ4n) is 2.57. The van der Waals surface area contributed by atoms with E-state index in [0.717, 1.165) is 34.5 Å². The van der Waals surface area contributed by atoms with Crippen LogP contribution in [0.1, 0.15) is 35.3 Å². The third-order valence-electron chi connectivity index (χ3n) is 4.30. The molecule has 2 aromatic rings. The molecule has 1 aliphatic carbocycles. The summed E-state index contributed by atoms with van der Waals surface area (Å²) in [6, 6.07) is 3.92. The van der Waals surface area contributed by atoms with Crippen LogP contribution in [-0.4, -0.2) is 23.9 Å². The molecule has 1 saturated carbocycles. The number of aromatic nitrogens is 1. The molecular weight excluding hydrogens is 376 g/mol. The van der Waals surface area contributed by atoms with Gasteiger partial charge in [0.25, 0.3) is 5.69 Å². The number of aryl methyl sites for hydroxylation is 2. The Hall–Kier alpha value is -2.04. The third-order valence-corrected chi connectivity index (χ3v) is 7.00. The van der Waals surface area contributed by atoms with Crippen molar-refractivity contribution in [3.8, 4) is 0 Å². The van der Waals surface area contributed by atoms with Crippen molar-refractivity contribution in [2.45, 2.75) is 50.6 Å². The Kier molecular flexibility index (Phi) is 4.76. The molecule has 0 atom stereocenters. The van der Waals surface area contributed by atoms with Crippen LogP contribution in [0.3, 0.4) is 0 Å². The number of benzene rings is 1. The second-order valence-corrected chi connectivity index (χ2v) is 9.67. The van der Waals surface area contributed by atoms with Gasteiger partial charge in [0.15, 0.2) is 0 Å². The predicted molar refractivity (Wildman–Crippen MR) is 100.0 cm³/mol. The zero-order valence-electron chi connectivity index (χ0n) is 14.7. The molecule has 3 rings (SSSR count). The minimum Gasteiger partial charge on any atom is -0.375 e. The lowest BCUT2D eigenvalue weighted by molar-refractivity contribution is -0.384. The molecule has 0 bridgehead atoms. The Labute approximate surface area is 155 Å². The predicted octanol–water partition coefficient (Wildman–Crippen LogP) is 3.11. The molecule has 0 saturated heterocycles. The number of sulfonamides is 1. The maximum atomic E-state index is 12.4. The third kappa shape index (κ3) is 4.02. The Morgan fingerprint density at radius 2 is 2.04 bits per heavy atom. The van der Waals surface area contributed by atoms with Gasteiger partial charge in [-0.3, -0.25) is 10.1 Å². The minimum atomic E-state index is -3.79. The molecule has 10 heteroatoms. The van der Waals surface area contributed by atoms with Crippen molar-refractivity contribution in [2.75, 3.05) is 5.32 Å². The monoisotopic (exact) mass is 396 g/mol. The van der Waals surface area contributed by atoms with Crippen molar-refractivity contribution in [3.63, 3.8) is 0 Å². The van der Waals surface area contributed by atoms with E-state index < -0.39 is 20.5 Å². The SMILES string of the molecule is Cc1nc(C)c(CNc2ccc(S(=O)(=O)NC3(C)CC3)cc2[N+](=O)[O-])s1. The van der Waals surface area contributed by atoms with E-state index >= 15 is 0 Å². The zero-order valence-corrected chi connectivity index (χ0v) is 16.3. The fourth-order valence-corrected chi connectivity index (χ4v) is 4.93. The van der Waals surface area contributed by atoms with Crippen LogP contribution in [0, 0.1) is 24.0 Å². The number of nitro benzene ring substituents is 1. The van der Waals surface area contributed by atoms with Crippen LogP contribution < -0.4 is 10.0 Å². The Morgan fingerprint density at radius 1 is 1.35 bits per heavy atom. The summed E-state index contributed by atoms with van der Waals surface area (Å²) in [6.45, 7) is 5.99. The maximum absolute atomic E-state index is 12.4. The number of anilines is 1. The molecular formula is C16H20N4O4S2. The summed E-state index contributed by atoms with van der Waals surface area (Å²) in [5.74, 6) is 0. The van der Waals surface area contributed by atoms with E-state index in [0.29, 0.717) is 6.54 Å². The van der Waals surface area contributed by atoms with Crippen molar-refractivity contribution < 1.29 is 13.3 Å². The van der Waals surface area contributed by atoms with Gasteiger partial charge in [-0.1, -0.05) is 0 Å². The van der Waals surface area contributed by atoms with Crippen molar-refractivity contribution in [1.82, 2.24) is 9.71 Å². The molecule has 1 fully saturated rings. The van der Waals surface area contributed by atoms with Crippen LogP contribution in [0.15, 0.2) is 23.1 Å². The summed E-state index contributed by atoms with van der Waals surface area (Å²) in [5.41, 5.74) is 0.444. The summed E-state index contributed by atoms with van der Waals surface area (Å²) in [6.07, 6.45) is 1.53. The van der Waals surface area contributed by atoms with Crippen molar-refractivity contribution in [3.05, 3.63) is 43.9 Å². The van der Waals surface area contributed by atoms with E-state index in [4.69, 9.17) is 0 Å². The summed E-state index contributed by atoms with van der Waals surface area (Å²) in [4.78, 5) is 16.0. The first-order valence-electron chi connectivity index (χ1n) is 8.09. The molecule has 1 aromatic heterocycles. The van der Waals surface area contributed by atoms with E-state index in [1.165, 1.54) is 23.5 Å². The summed E-state index contributed by atoms with van der Waals surface area (Å²) < 4.78 is 27.5. The van der Waals surface area contributed by atoms with Crippen LogP contribution in [0.25, 0.3) is 0 Å². The number of hydrogen-bond acceptors (Lipinski definition) is 7. The van der Waals surface area contributed by atoms with Gasteiger partial charge in [0.2, 0.25) is 10.0 Å². The lowest BCUT2D eigenvalue weighted by atomic mass is 10.2. The molecule has 0 amide bonds. The molecule has 8 nitrogen and oxygen atoms in total. The first kappa shape index (κ1) is 18.7. The number of nitrogens with one attached hydrogen (secondary N) is 2. The molecule has 1 aromatic carbocycles. The van der Waals surface area contributed by atoms with E-state index in [9.17, 15) is 18.5 Å². The number of nitro groups is 1. The fraction of sp³-hybridized carbons (Fsp3) is 0.438. The maximum Gasteiger partial charge on any atom is 0.293 e. The molecule has 0 spiro atoms. The number of nitrogens with zero attached hydrogens (tertiary/aromatic N) is 2. The molecule has 26 heavy (non-hydrogen) atoms.